The summed E-state index contributed by atoms with van der Waals surface area (Å²) in [5.74, 6) is -0.613. The highest BCUT2D eigenvalue weighted by atomic mass is 19.4. The number of hydrogen-bond donors (Lipinski definition) is 0. The Morgan fingerprint density at radius 1 is 1.40 bits per heavy atom. The molecule has 1 aromatic heterocycles. The van der Waals surface area contributed by atoms with Crippen molar-refractivity contribution in [3.63, 3.8) is 0 Å². The lowest BCUT2D eigenvalue weighted by molar-refractivity contribution is -0.137. The van der Waals surface area contributed by atoms with Crippen molar-refractivity contribution >= 4 is 5.97 Å². The van der Waals surface area contributed by atoms with Crippen LogP contribution in [0.5, 0.6) is 0 Å². The number of alkyl halides is 3. The number of ether oxygens (including phenoxy) is 1. The van der Waals surface area contributed by atoms with E-state index in [2.05, 4.69) is 4.98 Å². The molecule has 0 aliphatic carbocycles. The zero-order valence-electron chi connectivity index (χ0n) is 10.5. The molecule has 2 aromatic rings. The molecule has 0 atom stereocenters. The van der Waals surface area contributed by atoms with Crippen molar-refractivity contribution in [2.24, 2.45) is 0 Å². The van der Waals surface area contributed by atoms with Crippen molar-refractivity contribution in [3.8, 4) is 5.69 Å². The number of carbonyl (C=O) groups is 1. The summed E-state index contributed by atoms with van der Waals surface area (Å²) in [5, 5.41) is 0. The number of aromatic nitrogens is 2. The molecule has 0 fully saturated rings. The first kappa shape index (κ1) is 14.1. The smallest absolute Gasteiger partial charge is 0.416 e. The standard InChI is InChI=1S/C13H11F3N2O2/c1-2-20-12(19)11-7-18(8-17-11)10-5-3-4-9(6-10)13(14,15)16/h3-8H,2H2,1H3. The Kier molecular flexibility index (Phi) is 3.78. The van der Waals surface area contributed by atoms with Crippen molar-refractivity contribution in [2.75, 3.05) is 6.61 Å². The van der Waals surface area contributed by atoms with Crippen molar-refractivity contribution in [1.29, 1.82) is 0 Å². The first-order valence-electron chi connectivity index (χ1n) is 5.80. The second-order valence-electron chi connectivity index (χ2n) is 3.93. The highest BCUT2D eigenvalue weighted by molar-refractivity contribution is 5.87. The van der Waals surface area contributed by atoms with Gasteiger partial charge in [0.15, 0.2) is 5.69 Å². The summed E-state index contributed by atoms with van der Waals surface area (Å²) < 4.78 is 44.0. The van der Waals surface area contributed by atoms with E-state index in [1.165, 1.54) is 29.2 Å². The normalized spacial score (nSPS) is 11.4. The summed E-state index contributed by atoms with van der Waals surface area (Å²) in [6, 6.07) is 4.75. The van der Waals surface area contributed by atoms with E-state index in [0.717, 1.165) is 12.1 Å². The molecule has 0 aliphatic heterocycles. The van der Waals surface area contributed by atoms with Crippen LogP contribution in [0.3, 0.4) is 0 Å². The summed E-state index contributed by atoms with van der Waals surface area (Å²) in [6.45, 7) is 1.86. The van der Waals surface area contributed by atoms with Gasteiger partial charge in [0, 0.05) is 11.9 Å². The van der Waals surface area contributed by atoms with E-state index in [1.807, 2.05) is 0 Å². The lowest BCUT2D eigenvalue weighted by Gasteiger charge is -2.08. The number of nitrogens with zero attached hydrogens (tertiary/aromatic N) is 2. The topological polar surface area (TPSA) is 44.1 Å². The van der Waals surface area contributed by atoms with Gasteiger partial charge in [0.1, 0.15) is 6.33 Å². The van der Waals surface area contributed by atoms with Crippen LogP contribution >= 0.6 is 0 Å². The van der Waals surface area contributed by atoms with Crippen molar-refractivity contribution in [2.45, 2.75) is 13.1 Å². The van der Waals surface area contributed by atoms with E-state index in [-0.39, 0.29) is 18.0 Å². The predicted molar refractivity (Wildman–Crippen MR) is 64.5 cm³/mol. The molecule has 106 valence electrons. The fraction of sp³-hybridized carbons (Fsp3) is 0.231. The van der Waals surface area contributed by atoms with E-state index in [1.54, 1.807) is 6.92 Å². The molecule has 1 heterocycles. The van der Waals surface area contributed by atoms with E-state index in [4.69, 9.17) is 4.74 Å². The Labute approximate surface area is 112 Å². The molecule has 0 saturated heterocycles. The van der Waals surface area contributed by atoms with Gasteiger partial charge in [-0.25, -0.2) is 9.78 Å². The van der Waals surface area contributed by atoms with Gasteiger partial charge >= 0.3 is 12.1 Å². The van der Waals surface area contributed by atoms with Gasteiger partial charge in [-0.3, -0.25) is 0 Å². The summed E-state index contributed by atoms with van der Waals surface area (Å²) >= 11 is 0. The maximum absolute atomic E-state index is 12.6. The van der Waals surface area contributed by atoms with Crippen LogP contribution < -0.4 is 0 Å². The molecule has 0 unspecified atom stereocenters. The third-order valence-electron chi connectivity index (χ3n) is 2.54. The summed E-state index contributed by atoms with van der Waals surface area (Å²) in [5.41, 5.74) is -0.450. The molecule has 20 heavy (non-hydrogen) atoms. The third kappa shape index (κ3) is 2.98. The van der Waals surface area contributed by atoms with Crippen LogP contribution in [0.25, 0.3) is 5.69 Å². The van der Waals surface area contributed by atoms with Crippen LogP contribution in [0.4, 0.5) is 13.2 Å². The Balaban J connectivity index is 2.31. The predicted octanol–water partition coefficient (Wildman–Crippen LogP) is 3.07. The largest absolute Gasteiger partial charge is 0.461 e. The number of halogens is 3. The average Bonchev–Trinajstić information content (AvgIpc) is 2.88. The van der Waals surface area contributed by atoms with E-state index in [9.17, 15) is 18.0 Å². The van der Waals surface area contributed by atoms with Gasteiger partial charge in [-0.15, -0.1) is 0 Å². The Bertz CT molecular complexity index is 620. The van der Waals surface area contributed by atoms with Crippen molar-refractivity contribution in [1.82, 2.24) is 9.55 Å². The molecule has 7 heteroatoms. The number of benzene rings is 1. The lowest BCUT2D eigenvalue weighted by atomic mass is 10.2. The summed E-state index contributed by atoms with van der Waals surface area (Å²) in [6.07, 6.45) is -1.82. The first-order chi connectivity index (χ1) is 9.41. The molecule has 0 saturated carbocycles. The minimum Gasteiger partial charge on any atom is -0.461 e. The molecular formula is C13H11F3N2O2. The van der Waals surface area contributed by atoms with Gasteiger partial charge < -0.3 is 9.30 Å². The maximum atomic E-state index is 12.6. The van der Waals surface area contributed by atoms with Gasteiger partial charge in [0.25, 0.3) is 0 Å². The quantitative estimate of drug-likeness (QED) is 0.814. The van der Waals surface area contributed by atoms with Crippen LogP contribution in [-0.4, -0.2) is 22.1 Å². The SMILES string of the molecule is CCOC(=O)c1cn(-c2cccc(C(F)(F)F)c2)cn1. The molecule has 0 aliphatic rings. The number of esters is 1. The first-order valence-corrected chi connectivity index (χ1v) is 5.80. The van der Waals surface area contributed by atoms with Gasteiger partial charge in [-0.2, -0.15) is 13.2 Å². The van der Waals surface area contributed by atoms with Gasteiger partial charge in [0.05, 0.1) is 12.2 Å². The van der Waals surface area contributed by atoms with Crippen LogP contribution in [0.2, 0.25) is 0 Å². The van der Waals surface area contributed by atoms with Gasteiger partial charge in [-0.05, 0) is 25.1 Å². The Morgan fingerprint density at radius 2 is 2.15 bits per heavy atom. The molecule has 2 rings (SSSR count). The second kappa shape index (κ2) is 5.36. The van der Waals surface area contributed by atoms with Crippen LogP contribution in [0.1, 0.15) is 23.0 Å². The van der Waals surface area contributed by atoms with Gasteiger partial charge in [-0.1, -0.05) is 6.07 Å². The molecule has 0 amide bonds. The van der Waals surface area contributed by atoms with E-state index < -0.39 is 17.7 Å². The van der Waals surface area contributed by atoms with Crippen LogP contribution in [0, 0.1) is 0 Å². The number of rotatable bonds is 3. The molecule has 0 radical (unpaired) electrons. The fourth-order valence-corrected chi connectivity index (χ4v) is 1.62. The fourth-order valence-electron chi connectivity index (χ4n) is 1.62. The Morgan fingerprint density at radius 3 is 2.80 bits per heavy atom. The number of hydrogen-bond acceptors (Lipinski definition) is 3. The van der Waals surface area contributed by atoms with Crippen molar-refractivity contribution < 1.29 is 22.7 Å². The molecular weight excluding hydrogens is 273 g/mol. The zero-order valence-corrected chi connectivity index (χ0v) is 10.5. The van der Waals surface area contributed by atoms with E-state index >= 15 is 0 Å². The lowest BCUT2D eigenvalue weighted by Crippen LogP contribution is -2.06. The monoisotopic (exact) mass is 284 g/mol. The number of carbonyl (C=O) groups excluding carboxylic acids is 1. The Hall–Kier alpha value is -2.31. The van der Waals surface area contributed by atoms with Crippen LogP contribution in [0.15, 0.2) is 36.8 Å². The van der Waals surface area contributed by atoms with Gasteiger partial charge in [0.2, 0.25) is 0 Å². The third-order valence-corrected chi connectivity index (χ3v) is 2.54. The molecule has 0 bridgehead atoms. The highest BCUT2D eigenvalue weighted by Crippen LogP contribution is 2.30. The van der Waals surface area contributed by atoms with E-state index in [0.29, 0.717) is 0 Å². The molecule has 4 nitrogen and oxygen atoms in total. The average molecular weight is 284 g/mol. The summed E-state index contributed by atoms with van der Waals surface area (Å²) in [7, 11) is 0. The molecule has 1 aromatic carbocycles. The molecule has 0 spiro atoms. The minimum absolute atomic E-state index is 0.0456. The number of imidazole rings is 1. The summed E-state index contributed by atoms with van der Waals surface area (Å²) in [4.78, 5) is 15.2. The highest BCUT2D eigenvalue weighted by Gasteiger charge is 2.30. The minimum atomic E-state index is -4.42. The van der Waals surface area contributed by atoms with Crippen molar-refractivity contribution in [3.05, 3.63) is 48.0 Å². The zero-order chi connectivity index (χ0) is 14.8. The van der Waals surface area contributed by atoms with Crippen LogP contribution in [-0.2, 0) is 10.9 Å². The molecule has 0 N–H and O–H groups in total. The second-order valence-corrected chi connectivity index (χ2v) is 3.93. The maximum Gasteiger partial charge on any atom is 0.416 e.